The zero-order valence-electron chi connectivity index (χ0n) is 9.44. The van der Waals surface area contributed by atoms with E-state index in [2.05, 4.69) is 21.2 Å². The molecular formula is C11H15BrN2O3. The third kappa shape index (κ3) is 3.69. The Kier molecular flexibility index (Phi) is 5.40. The van der Waals surface area contributed by atoms with Gasteiger partial charge in [-0.15, -0.1) is 0 Å². The first-order valence-electron chi connectivity index (χ1n) is 5.04. The minimum atomic E-state index is -0.430. The van der Waals surface area contributed by atoms with Gasteiger partial charge in [0.2, 0.25) is 0 Å². The number of methoxy groups -OCH3 is 1. The van der Waals surface area contributed by atoms with Gasteiger partial charge in [-0.1, -0.05) is 6.07 Å². The summed E-state index contributed by atoms with van der Waals surface area (Å²) < 4.78 is 5.42. The number of nitrogens with two attached hydrogens (primary N) is 1. The molecule has 1 rings (SSSR count). The lowest BCUT2D eigenvalue weighted by Gasteiger charge is -2.16. The highest BCUT2D eigenvalue weighted by Crippen LogP contribution is 2.23. The van der Waals surface area contributed by atoms with Crippen molar-refractivity contribution < 1.29 is 14.6 Å². The highest BCUT2D eigenvalue weighted by atomic mass is 79.9. The highest BCUT2D eigenvalue weighted by Gasteiger charge is 2.15. The molecule has 0 aliphatic rings. The number of amides is 1. The Morgan fingerprint density at radius 1 is 1.65 bits per heavy atom. The van der Waals surface area contributed by atoms with E-state index < -0.39 is 6.04 Å². The number of hydrogen-bond donors (Lipinski definition) is 3. The number of carbonyl (C=O) groups excluding carboxylic acids is 1. The number of ether oxygens (including phenoxy) is 1. The van der Waals surface area contributed by atoms with Gasteiger partial charge in [0.25, 0.3) is 5.91 Å². The van der Waals surface area contributed by atoms with Crippen molar-refractivity contribution in [3.63, 3.8) is 0 Å². The van der Waals surface area contributed by atoms with Crippen LogP contribution in [0.25, 0.3) is 0 Å². The van der Waals surface area contributed by atoms with E-state index in [9.17, 15) is 4.79 Å². The molecule has 6 heteroatoms. The van der Waals surface area contributed by atoms with Crippen LogP contribution in [0.3, 0.4) is 0 Å². The van der Waals surface area contributed by atoms with Crippen molar-refractivity contribution >= 4 is 27.5 Å². The molecule has 1 atom stereocenters. The lowest BCUT2D eigenvalue weighted by Crippen LogP contribution is -2.40. The average Bonchev–Trinajstić information content (AvgIpc) is 2.31. The van der Waals surface area contributed by atoms with Crippen molar-refractivity contribution in [3.8, 4) is 0 Å². The van der Waals surface area contributed by atoms with E-state index in [0.29, 0.717) is 15.7 Å². The average molecular weight is 303 g/mol. The smallest absolute Gasteiger partial charge is 0.252 e. The van der Waals surface area contributed by atoms with Crippen LogP contribution < -0.4 is 11.1 Å². The molecule has 0 saturated carbocycles. The fraction of sp³-hybridized carbons (Fsp3) is 0.364. The standard InChI is InChI=1S/C11H15BrN2O3/c1-17-6-7(5-15)14-11(16)8-3-2-4-9(13)10(8)12/h2-4,7,15H,5-6,13H2,1H3,(H,14,16). The number of aliphatic hydroxyl groups excluding tert-OH is 1. The summed E-state index contributed by atoms with van der Waals surface area (Å²) in [5.74, 6) is -0.305. The van der Waals surface area contributed by atoms with Gasteiger partial charge in [-0.05, 0) is 28.1 Å². The van der Waals surface area contributed by atoms with E-state index in [1.54, 1.807) is 18.2 Å². The zero-order chi connectivity index (χ0) is 12.8. The van der Waals surface area contributed by atoms with Gasteiger partial charge in [-0.3, -0.25) is 4.79 Å². The number of carbonyl (C=O) groups is 1. The molecule has 1 unspecified atom stereocenters. The van der Waals surface area contributed by atoms with Gasteiger partial charge in [0, 0.05) is 12.8 Å². The maximum absolute atomic E-state index is 11.9. The fourth-order valence-corrected chi connectivity index (χ4v) is 1.77. The summed E-state index contributed by atoms with van der Waals surface area (Å²) in [5, 5.41) is 11.7. The Morgan fingerprint density at radius 3 is 2.94 bits per heavy atom. The topological polar surface area (TPSA) is 84.6 Å². The molecule has 0 radical (unpaired) electrons. The van der Waals surface area contributed by atoms with Crippen LogP contribution >= 0.6 is 15.9 Å². The second-order valence-electron chi connectivity index (χ2n) is 3.52. The third-order valence-corrected chi connectivity index (χ3v) is 3.08. The molecule has 4 N–H and O–H groups in total. The van der Waals surface area contributed by atoms with Crippen molar-refractivity contribution in [3.05, 3.63) is 28.2 Å². The normalized spacial score (nSPS) is 12.2. The van der Waals surface area contributed by atoms with Gasteiger partial charge < -0.3 is 20.9 Å². The molecule has 0 spiro atoms. The number of benzene rings is 1. The summed E-state index contributed by atoms with van der Waals surface area (Å²) in [4.78, 5) is 11.9. The number of rotatable bonds is 5. The summed E-state index contributed by atoms with van der Waals surface area (Å²) in [7, 11) is 1.51. The molecule has 0 aliphatic carbocycles. The first-order valence-corrected chi connectivity index (χ1v) is 5.84. The number of nitrogen functional groups attached to an aromatic ring is 1. The Hall–Kier alpha value is -1.11. The molecule has 1 amide bonds. The van der Waals surface area contributed by atoms with Crippen LogP contribution in [-0.2, 0) is 4.74 Å². The molecule has 1 aromatic carbocycles. The molecule has 94 valence electrons. The number of nitrogens with one attached hydrogen (secondary N) is 1. The molecule has 0 saturated heterocycles. The van der Waals surface area contributed by atoms with Crippen molar-refractivity contribution in [1.29, 1.82) is 0 Å². The minimum Gasteiger partial charge on any atom is -0.398 e. The van der Waals surface area contributed by atoms with Crippen LogP contribution in [0.5, 0.6) is 0 Å². The third-order valence-electron chi connectivity index (χ3n) is 2.20. The van der Waals surface area contributed by atoms with Crippen LogP contribution in [0, 0.1) is 0 Å². The summed E-state index contributed by atoms with van der Waals surface area (Å²) in [5.41, 5.74) is 6.60. The number of halogens is 1. The fourth-order valence-electron chi connectivity index (χ4n) is 1.33. The number of hydrogen-bond acceptors (Lipinski definition) is 4. The Labute approximate surface area is 108 Å². The second kappa shape index (κ2) is 6.58. The summed E-state index contributed by atoms with van der Waals surface area (Å²) in [6, 6.07) is 4.61. The largest absolute Gasteiger partial charge is 0.398 e. The monoisotopic (exact) mass is 302 g/mol. The van der Waals surface area contributed by atoms with E-state index >= 15 is 0 Å². The van der Waals surface area contributed by atoms with Crippen molar-refractivity contribution in [2.75, 3.05) is 26.1 Å². The molecule has 0 heterocycles. The van der Waals surface area contributed by atoms with Crippen LogP contribution in [0.1, 0.15) is 10.4 Å². The molecule has 0 fully saturated rings. The quantitative estimate of drug-likeness (QED) is 0.701. The van der Waals surface area contributed by atoms with Crippen molar-refractivity contribution in [1.82, 2.24) is 5.32 Å². The summed E-state index contributed by atoms with van der Waals surface area (Å²) in [6.07, 6.45) is 0. The minimum absolute atomic E-state index is 0.181. The van der Waals surface area contributed by atoms with Gasteiger partial charge in [-0.2, -0.15) is 0 Å². The first kappa shape index (κ1) is 14.0. The molecule has 0 bridgehead atoms. The Bertz CT molecular complexity index is 398. The van der Waals surface area contributed by atoms with Crippen LogP contribution in [0.2, 0.25) is 0 Å². The van der Waals surface area contributed by atoms with Gasteiger partial charge >= 0.3 is 0 Å². The van der Waals surface area contributed by atoms with E-state index in [-0.39, 0.29) is 19.1 Å². The predicted molar refractivity (Wildman–Crippen MR) is 68.8 cm³/mol. The van der Waals surface area contributed by atoms with Gasteiger partial charge in [0.05, 0.1) is 29.3 Å². The highest BCUT2D eigenvalue weighted by molar-refractivity contribution is 9.10. The molecule has 5 nitrogen and oxygen atoms in total. The van der Waals surface area contributed by atoms with Crippen LogP contribution in [0.4, 0.5) is 5.69 Å². The molecule has 0 aliphatic heterocycles. The number of anilines is 1. The Balaban J connectivity index is 2.79. The van der Waals surface area contributed by atoms with Gasteiger partial charge in [-0.25, -0.2) is 0 Å². The predicted octanol–water partition coefficient (Wildman–Crippen LogP) is 0.768. The van der Waals surface area contributed by atoms with Crippen molar-refractivity contribution in [2.45, 2.75) is 6.04 Å². The van der Waals surface area contributed by atoms with Gasteiger partial charge in [0.15, 0.2) is 0 Å². The SMILES string of the molecule is COCC(CO)NC(=O)c1cccc(N)c1Br. The van der Waals surface area contributed by atoms with E-state index in [1.807, 2.05) is 0 Å². The number of aliphatic hydroxyl groups is 1. The zero-order valence-corrected chi connectivity index (χ0v) is 11.0. The molecular weight excluding hydrogens is 288 g/mol. The maximum Gasteiger partial charge on any atom is 0.252 e. The first-order chi connectivity index (χ1) is 8.10. The van der Waals surface area contributed by atoms with E-state index in [4.69, 9.17) is 15.6 Å². The van der Waals surface area contributed by atoms with E-state index in [0.717, 1.165) is 0 Å². The van der Waals surface area contributed by atoms with Crippen LogP contribution in [-0.4, -0.2) is 37.4 Å². The van der Waals surface area contributed by atoms with Crippen LogP contribution in [0.15, 0.2) is 22.7 Å². The molecule has 1 aromatic rings. The summed E-state index contributed by atoms with van der Waals surface area (Å²) in [6.45, 7) is 0.0711. The molecule has 17 heavy (non-hydrogen) atoms. The lowest BCUT2D eigenvalue weighted by molar-refractivity contribution is 0.0839. The molecule has 0 aromatic heterocycles. The van der Waals surface area contributed by atoms with Gasteiger partial charge in [0.1, 0.15) is 0 Å². The Morgan fingerprint density at radius 2 is 2.35 bits per heavy atom. The second-order valence-corrected chi connectivity index (χ2v) is 4.31. The summed E-state index contributed by atoms with van der Waals surface area (Å²) >= 11 is 3.25. The van der Waals surface area contributed by atoms with E-state index in [1.165, 1.54) is 7.11 Å². The van der Waals surface area contributed by atoms with Crippen molar-refractivity contribution in [2.24, 2.45) is 0 Å². The maximum atomic E-state index is 11.9. The lowest BCUT2D eigenvalue weighted by atomic mass is 10.2.